The SMILES string of the molecule is COCC(=O)Nc1ccccc1CNC(=O)CC#N. The van der Waals surface area contributed by atoms with E-state index in [2.05, 4.69) is 10.6 Å². The molecule has 2 N–H and O–H groups in total. The Morgan fingerprint density at radius 2 is 2.05 bits per heavy atom. The Hall–Kier alpha value is -2.39. The van der Waals surface area contributed by atoms with Gasteiger partial charge < -0.3 is 15.4 Å². The van der Waals surface area contributed by atoms with Crippen molar-refractivity contribution >= 4 is 17.5 Å². The summed E-state index contributed by atoms with van der Waals surface area (Å²) in [6.07, 6.45) is -0.182. The summed E-state index contributed by atoms with van der Waals surface area (Å²) in [5.41, 5.74) is 1.38. The zero-order valence-electron chi connectivity index (χ0n) is 10.6. The first-order valence-electron chi connectivity index (χ1n) is 5.67. The second-order valence-corrected chi connectivity index (χ2v) is 3.75. The van der Waals surface area contributed by atoms with Crippen molar-refractivity contribution in [2.24, 2.45) is 0 Å². The first-order valence-corrected chi connectivity index (χ1v) is 5.67. The standard InChI is InChI=1S/C13H15N3O3/c1-19-9-13(18)16-11-5-3-2-4-10(11)8-15-12(17)6-7-14/h2-5H,6,8-9H2,1H3,(H,15,17)(H,16,18). The van der Waals surface area contributed by atoms with E-state index in [-0.39, 0.29) is 31.4 Å². The molecule has 0 saturated carbocycles. The zero-order valence-corrected chi connectivity index (χ0v) is 10.6. The van der Waals surface area contributed by atoms with Crippen molar-refractivity contribution in [2.75, 3.05) is 19.0 Å². The highest BCUT2D eigenvalue weighted by atomic mass is 16.5. The summed E-state index contributed by atoms with van der Waals surface area (Å²) in [5.74, 6) is -0.612. The molecule has 100 valence electrons. The molecule has 0 saturated heterocycles. The van der Waals surface area contributed by atoms with E-state index in [4.69, 9.17) is 10.00 Å². The van der Waals surface area contributed by atoms with Gasteiger partial charge in [0.25, 0.3) is 0 Å². The number of methoxy groups -OCH3 is 1. The minimum atomic E-state index is -0.347. The predicted octanol–water partition coefficient (Wildman–Crippen LogP) is 0.801. The second-order valence-electron chi connectivity index (χ2n) is 3.75. The van der Waals surface area contributed by atoms with Crippen molar-refractivity contribution in [1.82, 2.24) is 5.32 Å². The molecule has 2 amide bonds. The van der Waals surface area contributed by atoms with E-state index in [1.54, 1.807) is 30.3 Å². The third-order valence-corrected chi connectivity index (χ3v) is 2.28. The van der Waals surface area contributed by atoms with Gasteiger partial charge in [-0.3, -0.25) is 9.59 Å². The van der Waals surface area contributed by atoms with Crippen molar-refractivity contribution in [1.29, 1.82) is 5.26 Å². The molecule has 0 radical (unpaired) electrons. The molecule has 0 heterocycles. The molecular weight excluding hydrogens is 246 g/mol. The molecule has 0 unspecified atom stereocenters. The predicted molar refractivity (Wildman–Crippen MR) is 69.0 cm³/mol. The second kappa shape index (κ2) is 7.84. The molecule has 1 rings (SSSR count). The maximum Gasteiger partial charge on any atom is 0.250 e. The largest absolute Gasteiger partial charge is 0.375 e. The van der Waals surface area contributed by atoms with Crippen molar-refractivity contribution in [3.05, 3.63) is 29.8 Å². The molecule has 0 fully saturated rings. The van der Waals surface area contributed by atoms with E-state index in [0.717, 1.165) is 5.56 Å². The number of rotatable bonds is 6. The maximum absolute atomic E-state index is 11.4. The third kappa shape index (κ3) is 5.19. The van der Waals surface area contributed by atoms with Crippen LogP contribution in [0.15, 0.2) is 24.3 Å². The van der Waals surface area contributed by atoms with Gasteiger partial charge in [-0.1, -0.05) is 18.2 Å². The lowest BCUT2D eigenvalue weighted by molar-refractivity contribution is -0.120. The molecule has 0 bridgehead atoms. The number of nitrogens with one attached hydrogen (secondary N) is 2. The lowest BCUT2D eigenvalue weighted by Gasteiger charge is -2.11. The summed E-state index contributed by atoms with van der Waals surface area (Å²) in [6, 6.07) is 8.88. The van der Waals surface area contributed by atoms with Gasteiger partial charge in [0.15, 0.2) is 0 Å². The minimum absolute atomic E-state index is 0.0326. The van der Waals surface area contributed by atoms with Crippen LogP contribution in [0.5, 0.6) is 0 Å². The minimum Gasteiger partial charge on any atom is -0.375 e. The highest BCUT2D eigenvalue weighted by molar-refractivity contribution is 5.92. The fourth-order valence-electron chi connectivity index (χ4n) is 1.44. The lowest BCUT2D eigenvalue weighted by atomic mass is 10.1. The van der Waals surface area contributed by atoms with Crippen molar-refractivity contribution in [3.63, 3.8) is 0 Å². The number of carbonyl (C=O) groups is 2. The average molecular weight is 261 g/mol. The number of anilines is 1. The molecule has 1 aromatic rings. The van der Waals surface area contributed by atoms with Gasteiger partial charge in [-0.2, -0.15) is 5.26 Å². The fraction of sp³-hybridized carbons (Fsp3) is 0.308. The van der Waals surface area contributed by atoms with Gasteiger partial charge in [0.05, 0.1) is 6.07 Å². The molecule has 6 nitrogen and oxygen atoms in total. The number of ether oxygens (including phenoxy) is 1. The van der Waals surface area contributed by atoms with Crippen LogP contribution >= 0.6 is 0 Å². The Balaban J connectivity index is 2.65. The smallest absolute Gasteiger partial charge is 0.250 e. The molecule has 0 aromatic heterocycles. The summed E-state index contributed by atoms with van der Waals surface area (Å²) >= 11 is 0. The number of hydrogen-bond acceptors (Lipinski definition) is 4. The van der Waals surface area contributed by atoms with E-state index < -0.39 is 0 Å². The van der Waals surface area contributed by atoms with Crippen molar-refractivity contribution < 1.29 is 14.3 Å². The summed E-state index contributed by atoms with van der Waals surface area (Å²) in [6.45, 7) is 0.221. The Morgan fingerprint density at radius 1 is 1.32 bits per heavy atom. The molecule has 0 atom stereocenters. The summed E-state index contributed by atoms with van der Waals surface area (Å²) in [7, 11) is 1.44. The van der Waals surface area contributed by atoms with Gasteiger partial charge in [0.1, 0.15) is 13.0 Å². The van der Waals surface area contributed by atoms with Crippen LogP contribution in [0.4, 0.5) is 5.69 Å². The number of nitriles is 1. The number of hydrogen-bond donors (Lipinski definition) is 2. The zero-order chi connectivity index (χ0) is 14.1. The monoisotopic (exact) mass is 261 g/mol. The molecular formula is C13H15N3O3. The molecule has 0 aliphatic carbocycles. The van der Waals surface area contributed by atoms with E-state index >= 15 is 0 Å². The van der Waals surface area contributed by atoms with Crippen LogP contribution in [-0.2, 0) is 20.9 Å². The quantitative estimate of drug-likeness (QED) is 0.792. The molecule has 0 spiro atoms. The van der Waals surface area contributed by atoms with Gasteiger partial charge in [-0.25, -0.2) is 0 Å². The molecule has 19 heavy (non-hydrogen) atoms. The topological polar surface area (TPSA) is 91.2 Å². The third-order valence-electron chi connectivity index (χ3n) is 2.28. The van der Waals surface area contributed by atoms with E-state index in [9.17, 15) is 9.59 Å². The van der Waals surface area contributed by atoms with Crippen LogP contribution < -0.4 is 10.6 Å². The van der Waals surface area contributed by atoms with Crippen LogP contribution in [0, 0.1) is 11.3 Å². The van der Waals surface area contributed by atoms with Crippen molar-refractivity contribution in [3.8, 4) is 6.07 Å². The van der Waals surface area contributed by atoms with Gasteiger partial charge in [0.2, 0.25) is 11.8 Å². The van der Waals surface area contributed by atoms with Gasteiger partial charge in [-0.05, 0) is 11.6 Å². The molecule has 0 aliphatic heterocycles. The molecule has 1 aromatic carbocycles. The van der Waals surface area contributed by atoms with E-state index in [1.807, 2.05) is 0 Å². The van der Waals surface area contributed by atoms with Crippen molar-refractivity contribution in [2.45, 2.75) is 13.0 Å². The maximum atomic E-state index is 11.4. The number of amides is 2. The normalized spacial score (nSPS) is 9.47. The summed E-state index contributed by atoms with van der Waals surface area (Å²) in [4.78, 5) is 22.7. The van der Waals surface area contributed by atoms with Gasteiger partial charge in [0, 0.05) is 19.3 Å². The number of nitrogens with zero attached hydrogens (tertiary/aromatic N) is 1. The number of para-hydroxylation sites is 1. The number of benzene rings is 1. The van der Waals surface area contributed by atoms with Crippen LogP contribution in [-0.4, -0.2) is 25.5 Å². The Bertz CT molecular complexity index is 494. The Labute approximate surface area is 111 Å². The fourth-order valence-corrected chi connectivity index (χ4v) is 1.44. The van der Waals surface area contributed by atoms with Gasteiger partial charge >= 0.3 is 0 Å². The van der Waals surface area contributed by atoms with E-state index in [0.29, 0.717) is 5.69 Å². The van der Waals surface area contributed by atoms with Crippen LogP contribution in [0.2, 0.25) is 0 Å². The molecule has 6 heteroatoms. The first-order chi connectivity index (χ1) is 9.17. The van der Waals surface area contributed by atoms with Crippen LogP contribution in [0.1, 0.15) is 12.0 Å². The summed E-state index contributed by atoms with van der Waals surface area (Å²) < 4.78 is 4.73. The van der Waals surface area contributed by atoms with Crippen LogP contribution in [0.25, 0.3) is 0 Å². The summed E-state index contributed by atoms with van der Waals surface area (Å²) in [5, 5.41) is 13.7. The van der Waals surface area contributed by atoms with Crippen LogP contribution in [0.3, 0.4) is 0 Å². The highest BCUT2D eigenvalue weighted by Gasteiger charge is 2.07. The van der Waals surface area contributed by atoms with Gasteiger partial charge in [-0.15, -0.1) is 0 Å². The first kappa shape index (κ1) is 14.7. The Kier molecular flexibility index (Phi) is 6.06. The lowest BCUT2D eigenvalue weighted by Crippen LogP contribution is -2.23. The average Bonchev–Trinajstić information content (AvgIpc) is 2.38. The number of carbonyl (C=O) groups excluding carboxylic acids is 2. The Morgan fingerprint density at radius 3 is 2.74 bits per heavy atom. The van der Waals surface area contributed by atoms with E-state index in [1.165, 1.54) is 7.11 Å². The molecule has 0 aliphatic rings. The highest BCUT2D eigenvalue weighted by Crippen LogP contribution is 2.14.